The summed E-state index contributed by atoms with van der Waals surface area (Å²) in [6.07, 6.45) is 0. The van der Waals surface area contributed by atoms with Crippen molar-refractivity contribution in [3.05, 3.63) is 23.8 Å². The zero-order chi connectivity index (χ0) is 23.7. The summed E-state index contributed by atoms with van der Waals surface area (Å²) in [5.74, 6) is -4.97. The lowest BCUT2D eigenvalue weighted by atomic mass is 9.67. The molecule has 1 aromatic carbocycles. The Labute approximate surface area is 188 Å². The molecule has 1 spiro atoms. The molecule has 11 heteroatoms. The Kier molecular flexibility index (Phi) is 4.81. The normalized spacial score (nSPS) is 28.2. The van der Waals surface area contributed by atoms with E-state index in [0.29, 0.717) is 5.69 Å². The topological polar surface area (TPSA) is 114 Å². The van der Waals surface area contributed by atoms with Crippen LogP contribution in [0.15, 0.2) is 23.1 Å². The Morgan fingerprint density at radius 1 is 1.00 bits per heavy atom. The van der Waals surface area contributed by atoms with Crippen LogP contribution in [0.3, 0.4) is 0 Å². The van der Waals surface area contributed by atoms with Gasteiger partial charge < -0.3 is 14.4 Å². The number of esters is 2. The first-order valence-corrected chi connectivity index (χ1v) is 10.7. The molecule has 1 aromatic rings. The molecule has 3 atom stereocenters. The summed E-state index contributed by atoms with van der Waals surface area (Å²) in [6.45, 7) is 3.51. The van der Waals surface area contributed by atoms with Crippen molar-refractivity contribution in [3.63, 3.8) is 0 Å². The Morgan fingerprint density at radius 2 is 1.56 bits per heavy atom. The van der Waals surface area contributed by atoms with Crippen LogP contribution in [0.5, 0.6) is 0 Å². The van der Waals surface area contributed by atoms with Crippen molar-refractivity contribution in [1.82, 2.24) is 9.80 Å². The van der Waals surface area contributed by atoms with Crippen LogP contribution in [0.25, 0.3) is 0 Å². The van der Waals surface area contributed by atoms with Crippen molar-refractivity contribution in [2.75, 3.05) is 33.2 Å². The van der Waals surface area contributed by atoms with Crippen LogP contribution in [0.1, 0.15) is 12.5 Å². The van der Waals surface area contributed by atoms with Gasteiger partial charge in [0.25, 0.3) is 0 Å². The van der Waals surface area contributed by atoms with Crippen LogP contribution in [-0.2, 0) is 28.7 Å². The summed E-state index contributed by atoms with van der Waals surface area (Å²) in [6, 6.07) is 3.40. The predicted molar refractivity (Wildman–Crippen MR) is 113 cm³/mol. The van der Waals surface area contributed by atoms with Gasteiger partial charge in [-0.1, -0.05) is 17.8 Å². The number of amides is 4. The molecule has 0 aliphatic carbocycles. The second-order valence-electron chi connectivity index (χ2n) is 8.21. The molecule has 4 rings (SSSR count). The van der Waals surface area contributed by atoms with Crippen LogP contribution in [0, 0.1) is 18.3 Å². The highest BCUT2D eigenvalue weighted by Crippen LogP contribution is 2.68. The maximum Gasteiger partial charge on any atom is 0.332 e. The number of ether oxygens (including phenoxy) is 2. The lowest BCUT2D eigenvalue weighted by Crippen LogP contribution is -2.71. The van der Waals surface area contributed by atoms with E-state index >= 15 is 0 Å². The van der Waals surface area contributed by atoms with E-state index in [4.69, 9.17) is 9.47 Å². The van der Waals surface area contributed by atoms with Crippen molar-refractivity contribution < 1.29 is 33.4 Å². The van der Waals surface area contributed by atoms with E-state index in [0.717, 1.165) is 27.4 Å². The van der Waals surface area contributed by atoms with E-state index in [9.17, 15) is 24.0 Å². The fourth-order valence-electron chi connectivity index (χ4n) is 5.23. The summed E-state index contributed by atoms with van der Waals surface area (Å²) >= 11 is 1.20. The molecule has 3 heterocycles. The third-order valence-electron chi connectivity index (χ3n) is 6.69. The van der Waals surface area contributed by atoms with Gasteiger partial charge in [-0.3, -0.25) is 24.2 Å². The van der Waals surface area contributed by atoms with Gasteiger partial charge >= 0.3 is 18.0 Å². The van der Waals surface area contributed by atoms with Gasteiger partial charge in [0.2, 0.25) is 11.8 Å². The highest BCUT2D eigenvalue weighted by atomic mass is 32.2. The molecule has 32 heavy (non-hydrogen) atoms. The maximum atomic E-state index is 13.8. The zero-order valence-electron chi connectivity index (χ0n) is 18.5. The van der Waals surface area contributed by atoms with Crippen LogP contribution in [-0.4, -0.2) is 78.8 Å². The molecule has 0 saturated carbocycles. The summed E-state index contributed by atoms with van der Waals surface area (Å²) in [4.78, 5) is 69.0. The number of carbonyl (C=O) groups is 5. The van der Waals surface area contributed by atoms with Gasteiger partial charge in [-0.05, 0) is 31.5 Å². The molecule has 4 amide bonds. The second kappa shape index (κ2) is 6.96. The van der Waals surface area contributed by atoms with Gasteiger partial charge in [0.1, 0.15) is 16.8 Å². The number of hydrogen-bond acceptors (Lipinski definition) is 9. The number of hydrogen-bond donors (Lipinski definition) is 0. The highest BCUT2D eigenvalue weighted by Gasteiger charge is 2.82. The Morgan fingerprint density at radius 3 is 2.09 bits per heavy atom. The van der Waals surface area contributed by atoms with E-state index in [-0.39, 0.29) is 0 Å². The van der Waals surface area contributed by atoms with Gasteiger partial charge in [0, 0.05) is 19.0 Å². The molecule has 2 saturated heterocycles. The minimum atomic E-state index is -2.12. The van der Waals surface area contributed by atoms with Crippen molar-refractivity contribution in [2.45, 2.75) is 29.7 Å². The van der Waals surface area contributed by atoms with E-state index in [1.54, 1.807) is 11.8 Å². The SMILES string of the molecule is COC(=O)[C@@H]1[C@@H](C(=O)OC)C2(C(=O)N(C)C(=O)N(C)C2=O)C2(C)Sc3ccc(C)cc3N12. The Hall–Kier alpha value is -3.08. The molecule has 0 aromatic heterocycles. The summed E-state index contributed by atoms with van der Waals surface area (Å²) < 4.78 is 10.0. The Balaban J connectivity index is 2.10. The second-order valence-corrected chi connectivity index (χ2v) is 9.65. The molecule has 0 bridgehead atoms. The van der Waals surface area contributed by atoms with E-state index in [2.05, 4.69) is 0 Å². The number of aryl methyl sites for hydroxylation is 1. The first-order valence-electron chi connectivity index (χ1n) is 9.84. The molecule has 2 fully saturated rings. The number of anilines is 1. The fraction of sp³-hybridized carbons (Fsp3) is 0.476. The maximum absolute atomic E-state index is 13.8. The fourth-order valence-corrected chi connectivity index (χ4v) is 6.83. The number of imide groups is 2. The number of rotatable bonds is 2. The van der Waals surface area contributed by atoms with Gasteiger partial charge in [0.05, 0.1) is 19.9 Å². The highest BCUT2D eigenvalue weighted by molar-refractivity contribution is 8.01. The van der Waals surface area contributed by atoms with Crippen LogP contribution < -0.4 is 4.90 Å². The third-order valence-corrected chi connectivity index (χ3v) is 8.17. The summed E-state index contributed by atoms with van der Waals surface area (Å²) in [7, 11) is 4.79. The average Bonchev–Trinajstić information content (AvgIpc) is 3.19. The van der Waals surface area contributed by atoms with Crippen LogP contribution in [0.2, 0.25) is 0 Å². The number of barbiturate groups is 1. The molecule has 3 aliphatic heterocycles. The first kappa shape index (κ1) is 22.1. The molecule has 0 radical (unpaired) electrons. The number of methoxy groups -OCH3 is 2. The molecule has 0 N–H and O–H groups in total. The van der Waals surface area contributed by atoms with E-state index in [1.807, 2.05) is 25.1 Å². The third kappa shape index (κ3) is 2.34. The van der Waals surface area contributed by atoms with Gasteiger partial charge in [-0.2, -0.15) is 0 Å². The van der Waals surface area contributed by atoms with Crippen LogP contribution in [0.4, 0.5) is 10.5 Å². The molecular weight excluding hydrogens is 438 g/mol. The van der Waals surface area contributed by atoms with Gasteiger partial charge in [0.15, 0.2) is 5.41 Å². The average molecular weight is 461 g/mol. The molecule has 1 unspecified atom stereocenters. The molecular formula is C21H23N3O7S. The Bertz CT molecular complexity index is 1070. The number of nitrogens with zero attached hydrogens (tertiary/aromatic N) is 3. The van der Waals surface area contributed by atoms with E-state index < -0.39 is 52.0 Å². The first-order chi connectivity index (χ1) is 15.0. The number of fused-ring (bicyclic) bond motifs is 4. The lowest BCUT2D eigenvalue weighted by molar-refractivity contribution is -0.171. The van der Waals surface area contributed by atoms with Gasteiger partial charge in [-0.15, -0.1) is 0 Å². The number of benzene rings is 1. The number of thioether (sulfide) groups is 1. The van der Waals surface area contributed by atoms with Crippen LogP contribution >= 0.6 is 11.8 Å². The molecule has 10 nitrogen and oxygen atoms in total. The summed E-state index contributed by atoms with van der Waals surface area (Å²) in [5, 5.41) is 0. The van der Waals surface area contributed by atoms with Crippen molar-refractivity contribution >= 4 is 47.2 Å². The lowest BCUT2D eigenvalue weighted by Gasteiger charge is -2.48. The molecule has 170 valence electrons. The standard InChI is InChI=1S/C21H23N3O7S/c1-10-7-8-12-11(9-10)24-14(16(26)31-6)13(15(25)30-5)21(20(24,2)32-12)17(27)22(3)19(29)23(4)18(21)28/h7-9,13-14H,1-6H3/t13-,14-,20?/m0/s1. The minimum absolute atomic E-state index is 0.599. The van der Waals surface area contributed by atoms with Gasteiger partial charge in [-0.25, -0.2) is 9.59 Å². The number of urea groups is 1. The largest absolute Gasteiger partial charge is 0.469 e. The quantitative estimate of drug-likeness (QED) is 0.470. The van der Waals surface area contributed by atoms with Crippen molar-refractivity contribution in [3.8, 4) is 0 Å². The van der Waals surface area contributed by atoms with E-state index in [1.165, 1.54) is 33.0 Å². The smallest absolute Gasteiger partial charge is 0.332 e. The number of carbonyl (C=O) groups excluding carboxylic acids is 5. The summed E-state index contributed by atoms with van der Waals surface area (Å²) in [5.41, 5.74) is -0.631. The zero-order valence-corrected chi connectivity index (χ0v) is 19.3. The molecule has 3 aliphatic rings. The monoisotopic (exact) mass is 461 g/mol. The minimum Gasteiger partial charge on any atom is -0.469 e. The van der Waals surface area contributed by atoms with Crippen molar-refractivity contribution in [1.29, 1.82) is 0 Å². The van der Waals surface area contributed by atoms with Crippen molar-refractivity contribution in [2.24, 2.45) is 11.3 Å². The predicted octanol–water partition coefficient (Wildman–Crippen LogP) is 1.00.